The van der Waals surface area contributed by atoms with Gasteiger partial charge >= 0.3 is 0 Å². The number of carbonyl (C=O) groups is 2. The molecule has 0 spiro atoms. The van der Waals surface area contributed by atoms with Crippen molar-refractivity contribution in [2.45, 2.75) is 45.7 Å². The van der Waals surface area contributed by atoms with Gasteiger partial charge in [0.1, 0.15) is 29.0 Å². The van der Waals surface area contributed by atoms with E-state index >= 15 is 0 Å². The summed E-state index contributed by atoms with van der Waals surface area (Å²) in [5.74, 6) is -2.74. The Labute approximate surface area is 157 Å². The molecule has 0 radical (unpaired) electrons. The SMILES string of the molecule is CC(CCc1ccco1)NC(=O)C(NC(=O)c1c(F)cccc1F)C(C)C. The maximum atomic E-state index is 13.8. The Balaban J connectivity index is 1.99. The zero-order valence-electron chi connectivity index (χ0n) is 15.6. The van der Waals surface area contributed by atoms with Gasteiger partial charge in [0.05, 0.1) is 6.26 Å². The Kier molecular flexibility index (Phi) is 7.10. The van der Waals surface area contributed by atoms with Crippen LogP contribution in [0.5, 0.6) is 0 Å². The smallest absolute Gasteiger partial charge is 0.257 e. The van der Waals surface area contributed by atoms with Crippen LogP contribution in [0.25, 0.3) is 0 Å². The number of rotatable bonds is 8. The standard InChI is InChI=1S/C20H24F2N2O3/c1-12(2)18(24-19(25)17-15(21)7-4-8-16(17)22)20(26)23-13(3)9-10-14-6-5-11-27-14/h4-8,11-13,18H,9-10H2,1-3H3,(H,23,26)(H,24,25). The predicted molar refractivity (Wildman–Crippen MR) is 97.1 cm³/mol. The number of hydrogen-bond acceptors (Lipinski definition) is 3. The summed E-state index contributed by atoms with van der Waals surface area (Å²) in [6.45, 7) is 5.34. The first-order chi connectivity index (χ1) is 12.8. The van der Waals surface area contributed by atoms with E-state index in [9.17, 15) is 18.4 Å². The van der Waals surface area contributed by atoms with E-state index in [0.717, 1.165) is 17.9 Å². The molecule has 0 saturated carbocycles. The molecule has 0 saturated heterocycles. The average molecular weight is 378 g/mol. The third-order valence-corrected chi connectivity index (χ3v) is 4.22. The summed E-state index contributed by atoms with van der Waals surface area (Å²) in [4.78, 5) is 24.8. The molecule has 2 aromatic rings. The van der Waals surface area contributed by atoms with Crippen molar-refractivity contribution in [3.05, 3.63) is 59.6 Å². The summed E-state index contributed by atoms with van der Waals surface area (Å²) >= 11 is 0. The van der Waals surface area contributed by atoms with Crippen LogP contribution in [-0.4, -0.2) is 23.9 Å². The number of nitrogens with one attached hydrogen (secondary N) is 2. The lowest BCUT2D eigenvalue weighted by Crippen LogP contribution is -2.51. The van der Waals surface area contributed by atoms with Gasteiger partial charge in [0.25, 0.3) is 5.91 Å². The Morgan fingerprint density at radius 1 is 1.04 bits per heavy atom. The van der Waals surface area contributed by atoms with E-state index in [1.165, 1.54) is 6.07 Å². The highest BCUT2D eigenvalue weighted by Gasteiger charge is 2.28. The Hall–Kier alpha value is -2.70. The summed E-state index contributed by atoms with van der Waals surface area (Å²) in [6.07, 6.45) is 2.90. The molecule has 0 aliphatic rings. The van der Waals surface area contributed by atoms with E-state index in [0.29, 0.717) is 12.8 Å². The van der Waals surface area contributed by atoms with Gasteiger partial charge in [0, 0.05) is 12.5 Å². The fourth-order valence-corrected chi connectivity index (χ4v) is 2.68. The molecule has 0 fully saturated rings. The Morgan fingerprint density at radius 2 is 1.70 bits per heavy atom. The molecule has 27 heavy (non-hydrogen) atoms. The van der Waals surface area contributed by atoms with E-state index in [2.05, 4.69) is 10.6 Å². The molecule has 2 N–H and O–H groups in total. The molecule has 5 nitrogen and oxygen atoms in total. The van der Waals surface area contributed by atoms with Gasteiger partial charge in [0.15, 0.2) is 0 Å². The van der Waals surface area contributed by atoms with Crippen LogP contribution in [0.2, 0.25) is 0 Å². The second kappa shape index (κ2) is 9.30. The molecule has 2 unspecified atom stereocenters. The number of furan rings is 1. The highest BCUT2D eigenvalue weighted by atomic mass is 19.1. The van der Waals surface area contributed by atoms with Crippen molar-refractivity contribution in [2.24, 2.45) is 5.92 Å². The first kappa shape index (κ1) is 20.6. The van der Waals surface area contributed by atoms with Crippen LogP contribution in [0.4, 0.5) is 8.78 Å². The zero-order valence-corrected chi connectivity index (χ0v) is 15.6. The number of amides is 2. The quantitative estimate of drug-likeness (QED) is 0.739. The largest absolute Gasteiger partial charge is 0.469 e. The fourth-order valence-electron chi connectivity index (χ4n) is 2.68. The molecule has 2 atom stereocenters. The van der Waals surface area contributed by atoms with E-state index in [4.69, 9.17) is 4.42 Å². The average Bonchev–Trinajstić information content (AvgIpc) is 3.11. The van der Waals surface area contributed by atoms with Gasteiger partial charge in [-0.2, -0.15) is 0 Å². The molecule has 1 aromatic carbocycles. The minimum atomic E-state index is -0.970. The summed E-state index contributed by atoms with van der Waals surface area (Å²) < 4.78 is 32.8. The lowest BCUT2D eigenvalue weighted by Gasteiger charge is -2.24. The van der Waals surface area contributed by atoms with Crippen molar-refractivity contribution < 1.29 is 22.8 Å². The number of carbonyl (C=O) groups excluding carboxylic acids is 2. The fraction of sp³-hybridized carbons (Fsp3) is 0.400. The molecule has 0 aliphatic carbocycles. The van der Waals surface area contributed by atoms with Crippen molar-refractivity contribution in [1.82, 2.24) is 10.6 Å². The molecular formula is C20H24F2N2O3. The van der Waals surface area contributed by atoms with Crippen LogP contribution in [0.15, 0.2) is 41.0 Å². The van der Waals surface area contributed by atoms with Gasteiger partial charge in [-0.15, -0.1) is 0 Å². The molecular weight excluding hydrogens is 354 g/mol. The molecule has 1 heterocycles. The summed E-state index contributed by atoms with van der Waals surface area (Å²) in [5, 5.41) is 5.27. The van der Waals surface area contributed by atoms with E-state index in [1.54, 1.807) is 26.2 Å². The second-order valence-corrected chi connectivity index (χ2v) is 6.82. The Morgan fingerprint density at radius 3 is 2.26 bits per heavy atom. The maximum Gasteiger partial charge on any atom is 0.257 e. The first-order valence-corrected chi connectivity index (χ1v) is 8.87. The third-order valence-electron chi connectivity index (χ3n) is 4.22. The number of hydrogen-bond donors (Lipinski definition) is 2. The first-order valence-electron chi connectivity index (χ1n) is 8.87. The minimum Gasteiger partial charge on any atom is -0.469 e. The van der Waals surface area contributed by atoms with Gasteiger partial charge in [0.2, 0.25) is 5.91 Å². The van der Waals surface area contributed by atoms with Crippen LogP contribution < -0.4 is 10.6 Å². The van der Waals surface area contributed by atoms with Crippen LogP contribution in [0.1, 0.15) is 43.3 Å². The van der Waals surface area contributed by atoms with Crippen LogP contribution in [-0.2, 0) is 11.2 Å². The van der Waals surface area contributed by atoms with Gasteiger partial charge in [-0.05, 0) is 43.5 Å². The van der Waals surface area contributed by atoms with Gasteiger partial charge in [-0.1, -0.05) is 19.9 Å². The maximum absolute atomic E-state index is 13.8. The van der Waals surface area contributed by atoms with Crippen molar-refractivity contribution >= 4 is 11.8 Å². The number of halogens is 2. The highest BCUT2D eigenvalue weighted by molar-refractivity contribution is 5.98. The topological polar surface area (TPSA) is 71.3 Å². The summed E-state index contributed by atoms with van der Waals surface area (Å²) in [7, 11) is 0. The summed E-state index contributed by atoms with van der Waals surface area (Å²) in [6, 6.07) is 5.75. The number of aryl methyl sites for hydroxylation is 1. The van der Waals surface area contributed by atoms with Crippen LogP contribution in [0.3, 0.4) is 0 Å². The lowest BCUT2D eigenvalue weighted by molar-refractivity contribution is -0.124. The normalized spacial score (nSPS) is 13.3. The molecule has 0 aliphatic heterocycles. The van der Waals surface area contributed by atoms with Crippen molar-refractivity contribution in [1.29, 1.82) is 0 Å². The second-order valence-electron chi connectivity index (χ2n) is 6.82. The van der Waals surface area contributed by atoms with E-state index in [-0.39, 0.29) is 12.0 Å². The monoisotopic (exact) mass is 378 g/mol. The van der Waals surface area contributed by atoms with Gasteiger partial charge in [-0.25, -0.2) is 8.78 Å². The molecule has 0 bridgehead atoms. The molecule has 146 valence electrons. The zero-order chi connectivity index (χ0) is 20.0. The lowest BCUT2D eigenvalue weighted by atomic mass is 10.0. The predicted octanol–water partition coefficient (Wildman–Crippen LogP) is 3.45. The number of benzene rings is 1. The molecule has 2 amide bonds. The van der Waals surface area contributed by atoms with Crippen LogP contribution in [0, 0.1) is 17.6 Å². The van der Waals surface area contributed by atoms with Crippen molar-refractivity contribution in [3.63, 3.8) is 0 Å². The summed E-state index contributed by atoms with van der Waals surface area (Å²) in [5.41, 5.74) is -0.693. The molecule has 1 aromatic heterocycles. The van der Waals surface area contributed by atoms with Crippen molar-refractivity contribution in [3.8, 4) is 0 Å². The van der Waals surface area contributed by atoms with E-state index in [1.807, 2.05) is 13.0 Å². The highest BCUT2D eigenvalue weighted by Crippen LogP contribution is 2.13. The van der Waals surface area contributed by atoms with E-state index < -0.39 is 35.1 Å². The molecule has 2 rings (SSSR count). The minimum absolute atomic E-state index is 0.161. The van der Waals surface area contributed by atoms with Crippen molar-refractivity contribution in [2.75, 3.05) is 0 Å². The van der Waals surface area contributed by atoms with Gasteiger partial charge in [-0.3, -0.25) is 9.59 Å². The third kappa shape index (κ3) is 5.64. The Bertz CT molecular complexity index is 755. The van der Waals surface area contributed by atoms with Crippen LogP contribution >= 0.6 is 0 Å². The van der Waals surface area contributed by atoms with Gasteiger partial charge < -0.3 is 15.1 Å². The molecule has 7 heteroatoms.